The zero-order chi connectivity index (χ0) is 18.6. The van der Waals surface area contributed by atoms with Gasteiger partial charge in [-0.3, -0.25) is 4.79 Å². The predicted octanol–water partition coefficient (Wildman–Crippen LogP) is 3.01. The van der Waals surface area contributed by atoms with Crippen LogP contribution in [0, 0.1) is 5.92 Å². The van der Waals surface area contributed by atoms with Gasteiger partial charge in [-0.25, -0.2) is 4.98 Å². The van der Waals surface area contributed by atoms with Gasteiger partial charge >= 0.3 is 5.97 Å². The molecule has 0 saturated heterocycles. The number of aliphatic carboxylic acids is 1. The van der Waals surface area contributed by atoms with Crippen LogP contribution in [-0.2, 0) is 4.79 Å². The van der Waals surface area contributed by atoms with Gasteiger partial charge in [0.05, 0.1) is 18.2 Å². The van der Waals surface area contributed by atoms with Crippen molar-refractivity contribution < 1.29 is 15.0 Å². The smallest absolute Gasteiger partial charge is 0.303 e. The van der Waals surface area contributed by atoms with Crippen molar-refractivity contribution in [2.45, 2.75) is 70.9 Å². The van der Waals surface area contributed by atoms with Gasteiger partial charge in [-0.15, -0.1) is 0 Å². The number of anilines is 2. The molecule has 1 atom stereocenters. The van der Waals surface area contributed by atoms with E-state index in [2.05, 4.69) is 23.7 Å². The summed E-state index contributed by atoms with van der Waals surface area (Å²) in [4.78, 5) is 17.8. The van der Waals surface area contributed by atoms with E-state index in [0.717, 1.165) is 43.6 Å². The third kappa shape index (κ3) is 5.33. The Labute approximate surface area is 150 Å². The van der Waals surface area contributed by atoms with Crippen molar-refractivity contribution in [1.29, 1.82) is 0 Å². The van der Waals surface area contributed by atoms with E-state index in [1.165, 1.54) is 0 Å². The van der Waals surface area contributed by atoms with Crippen molar-refractivity contribution >= 4 is 17.5 Å². The molecule has 0 bridgehead atoms. The summed E-state index contributed by atoms with van der Waals surface area (Å²) < 4.78 is 0. The maximum absolute atomic E-state index is 10.9. The lowest BCUT2D eigenvalue weighted by Gasteiger charge is -2.38. The second-order valence-electron chi connectivity index (χ2n) is 7.69. The Morgan fingerprint density at radius 2 is 1.96 bits per heavy atom. The molecule has 1 heterocycles. The summed E-state index contributed by atoms with van der Waals surface area (Å²) in [5.41, 5.74) is 7.75. The summed E-state index contributed by atoms with van der Waals surface area (Å²) in [5.74, 6) is 0.307. The lowest BCUT2D eigenvalue weighted by Crippen LogP contribution is -2.42. The van der Waals surface area contributed by atoms with Gasteiger partial charge < -0.3 is 20.8 Å². The molecule has 1 fully saturated rings. The fourth-order valence-corrected chi connectivity index (χ4v) is 3.55. The van der Waals surface area contributed by atoms with Crippen LogP contribution >= 0.6 is 0 Å². The van der Waals surface area contributed by atoms with Crippen LogP contribution in [0.15, 0.2) is 12.3 Å². The Hall–Kier alpha value is -1.82. The van der Waals surface area contributed by atoms with Gasteiger partial charge in [0.2, 0.25) is 0 Å². The second-order valence-corrected chi connectivity index (χ2v) is 7.69. The lowest BCUT2D eigenvalue weighted by molar-refractivity contribution is -0.137. The molecule has 2 rings (SSSR count). The van der Waals surface area contributed by atoms with E-state index in [-0.39, 0.29) is 18.4 Å². The number of carboxylic acids is 1. The summed E-state index contributed by atoms with van der Waals surface area (Å²) in [6, 6.07) is 2.20. The Bertz CT molecular complexity index is 583. The third-order valence-electron chi connectivity index (χ3n) is 4.91. The van der Waals surface area contributed by atoms with Crippen molar-refractivity contribution in [2.24, 2.45) is 5.92 Å². The van der Waals surface area contributed by atoms with E-state index in [4.69, 9.17) is 10.8 Å². The van der Waals surface area contributed by atoms with E-state index >= 15 is 0 Å². The van der Waals surface area contributed by atoms with Gasteiger partial charge in [-0.2, -0.15) is 0 Å². The molecule has 25 heavy (non-hydrogen) atoms. The molecule has 0 radical (unpaired) electrons. The molecule has 1 saturated carbocycles. The Balaban J connectivity index is 2.23. The number of rotatable bonds is 7. The molecule has 1 aliphatic carbocycles. The van der Waals surface area contributed by atoms with Crippen molar-refractivity contribution in [2.75, 3.05) is 17.2 Å². The van der Waals surface area contributed by atoms with E-state index in [9.17, 15) is 9.90 Å². The number of aliphatic hydroxyl groups is 1. The third-order valence-corrected chi connectivity index (χ3v) is 4.91. The summed E-state index contributed by atoms with van der Waals surface area (Å²) in [6.45, 7) is 7.08. The van der Waals surface area contributed by atoms with Crippen LogP contribution in [0.1, 0.15) is 64.4 Å². The molecule has 4 N–H and O–H groups in total. The quantitative estimate of drug-likeness (QED) is 0.700. The zero-order valence-corrected chi connectivity index (χ0v) is 15.5. The minimum absolute atomic E-state index is 0.0662. The fourth-order valence-electron chi connectivity index (χ4n) is 3.55. The van der Waals surface area contributed by atoms with Crippen molar-refractivity contribution in [1.82, 2.24) is 4.98 Å². The highest BCUT2D eigenvalue weighted by molar-refractivity contribution is 5.69. The molecular weight excluding hydrogens is 318 g/mol. The lowest BCUT2D eigenvalue weighted by atomic mass is 9.91. The van der Waals surface area contributed by atoms with Crippen molar-refractivity contribution in [3.8, 4) is 0 Å². The summed E-state index contributed by atoms with van der Waals surface area (Å²) in [5, 5.41) is 18.7. The number of hydrogen-bond acceptors (Lipinski definition) is 5. The van der Waals surface area contributed by atoms with Crippen LogP contribution in [0.3, 0.4) is 0 Å². The van der Waals surface area contributed by atoms with E-state index in [0.29, 0.717) is 17.6 Å². The van der Waals surface area contributed by atoms with Gasteiger partial charge in [0.1, 0.15) is 0 Å². The number of nitrogens with zero attached hydrogens (tertiary/aromatic N) is 2. The molecule has 6 nitrogen and oxygen atoms in total. The molecule has 1 aromatic rings. The number of hydrogen-bond donors (Lipinski definition) is 3. The normalized spacial score (nSPS) is 22.0. The minimum atomic E-state index is -0.822. The molecule has 0 aliphatic heterocycles. The Morgan fingerprint density at radius 1 is 1.32 bits per heavy atom. The average Bonchev–Trinajstić information content (AvgIpc) is 2.53. The Morgan fingerprint density at radius 3 is 2.48 bits per heavy atom. The first-order chi connectivity index (χ1) is 11.8. The number of nitrogen functional groups attached to an aromatic ring is 1. The van der Waals surface area contributed by atoms with Gasteiger partial charge in [0.15, 0.2) is 5.82 Å². The Kier molecular flexibility index (Phi) is 6.64. The largest absolute Gasteiger partial charge is 0.481 e. The highest BCUT2D eigenvalue weighted by atomic mass is 16.4. The first kappa shape index (κ1) is 19.5. The van der Waals surface area contributed by atoms with Crippen LogP contribution in [0.2, 0.25) is 0 Å². The molecule has 0 spiro atoms. The molecule has 0 amide bonds. The fraction of sp³-hybridized carbons (Fsp3) is 0.684. The monoisotopic (exact) mass is 349 g/mol. The highest BCUT2D eigenvalue weighted by Gasteiger charge is 2.27. The number of carbonyl (C=O) groups is 1. The summed E-state index contributed by atoms with van der Waals surface area (Å²) in [6.07, 6.45) is 5.13. The van der Waals surface area contributed by atoms with Gasteiger partial charge in [0, 0.05) is 18.8 Å². The number of carboxylic acid groups (broad SMARTS) is 1. The number of aromatic nitrogens is 1. The summed E-state index contributed by atoms with van der Waals surface area (Å²) >= 11 is 0. The number of pyridine rings is 1. The van der Waals surface area contributed by atoms with Crippen LogP contribution in [0.25, 0.3) is 0 Å². The molecule has 6 heteroatoms. The van der Waals surface area contributed by atoms with Gasteiger partial charge in [-0.05, 0) is 49.1 Å². The number of aliphatic hydroxyl groups excluding tert-OH is 1. The SMILES string of the molecule is CC(C)CN(c1ncc(C(C)CC(=O)O)cc1N)C1CCC(O)CC1. The minimum Gasteiger partial charge on any atom is -0.481 e. The van der Waals surface area contributed by atoms with Crippen LogP contribution < -0.4 is 10.6 Å². The average molecular weight is 349 g/mol. The number of nitrogens with two attached hydrogens (primary N) is 1. The topological polar surface area (TPSA) is 99.7 Å². The maximum atomic E-state index is 10.9. The molecule has 140 valence electrons. The van der Waals surface area contributed by atoms with Crippen molar-refractivity contribution in [3.05, 3.63) is 17.8 Å². The van der Waals surface area contributed by atoms with Crippen LogP contribution in [0.5, 0.6) is 0 Å². The van der Waals surface area contributed by atoms with E-state index in [1.807, 2.05) is 13.0 Å². The second kappa shape index (κ2) is 8.52. The zero-order valence-electron chi connectivity index (χ0n) is 15.5. The highest BCUT2D eigenvalue weighted by Crippen LogP contribution is 2.32. The predicted molar refractivity (Wildman–Crippen MR) is 99.8 cm³/mol. The first-order valence-corrected chi connectivity index (χ1v) is 9.19. The molecule has 1 aromatic heterocycles. The molecular formula is C19H31N3O3. The standard InChI is InChI=1S/C19H31N3O3/c1-12(2)11-22(15-4-6-16(23)7-5-15)19-17(20)9-14(10-21-19)13(3)8-18(24)25/h9-10,12-13,15-16,23H,4-8,11,20H2,1-3H3,(H,24,25). The first-order valence-electron chi connectivity index (χ1n) is 9.19. The van der Waals surface area contributed by atoms with Gasteiger partial charge in [0.25, 0.3) is 0 Å². The van der Waals surface area contributed by atoms with Gasteiger partial charge in [-0.1, -0.05) is 20.8 Å². The van der Waals surface area contributed by atoms with Crippen LogP contribution in [-0.4, -0.2) is 39.9 Å². The van der Waals surface area contributed by atoms with E-state index in [1.54, 1.807) is 6.20 Å². The maximum Gasteiger partial charge on any atom is 0.303 e. The van der Waals surface area contributed by atoms with E-state index < -0.39 is 5.97 Å². The summed E-state index contributed by atoms with van der Waals surface area (Å²) in [7, 11) is 0. The van der Waals surface area contributed by atoms with Crippen molar-refractivity contribution in [3.63, 3.8) is 0 Å². The molecule has 1 aliphatic rings. The molecule has 1 unspecified atom stereocenters. The van der Waals surface area contributed by atoms with Crippen LogP contribution in [0.4, 0.5) is 11.5 Å². The molecule has 0 aromatic carbocycles.